The lowest BCUT2D eigenvalue weighted by Crippen LogP contribution is -2.27. The van der Waals surface area contributed by atoms with Gasteiger partial charge in [-0.2, -0.15) is 11.8 Å². The molecule has 0 radical (unpaired) electrons. The summed E-state index contributed by atoms with van der Waals surface area (Å²) < 4.78 is 32.7. The van der Waals surface area contributed by atoms with E-state index in [0.29, 0.717) is 35.8 Å². The maximum absolute atomic E-state index is 12.5. The molecular formula is C42H62O10S. The first-order chi connectivity index (χ1) is 24.2. The minimum atomic E-state index is -0.757. The van der Waals surface area contributed by atoms with E-state index in [9.17, 15) is 19.2 Å². The van der Waals surface area contributed by atoms with E-state index in [1.807, 2.05) is 79.7 Å². The average molecular weight is 759 g/mol. The van der Waals surface area contributed by atoms with Gasteiger partial charge in [-0.1, -0.05) is 53.7 Å². The summed E-state index contributed by atoms with van der Waals surface area (Å²) in [6, 6.07) is 7.62. The molecule has 53 heavy (non-hydrogen) atoms. The Bertz CT molecular complexity index is 1470. The monoisotopic (exact) mass is 758 g/mol. The van der Waals surface area contributed by atoms with Crippen LogP contribution in [0.1, 0.15) is 129 Å². The third-order valence-electron chi connectivity index (χ3n) is 7.84. The summed E-state index contributed by atoms with van der Waals surface area (Å²) >= 11 is 1.54. The zero-order chi connectivity index (χ0) is 40.4. The Balaban J connectivity index is 1.78. The lowest BCUT2D eigenvalue weighted by Gasteiger charge is -2.25. The second kappa shape index (κ2) is 19.0. The van der Waals surface area contributed by atoms with Gasteiger partial charge < -0.3 is 28.4 Å². The van der Waals surface area contributed by atoms with Crippen LogP contribution in [0, 0.1) is 13.8 Å². The van der Waals surface area contributed by atoms with E-state index < -0.39 is 23.5 Å². The highest BCUT2D eigenvalue weighted by molar-refractivity contribution is 7.99. The van der Waals surface area contributed by atoms with E-state index in [0.717, 1.165) is 33.4 Å². The molecule has 0 aliphatic carbocycles. The normalized spacial score (nSPS) is 12.2. The summed E-state index contributed by atoms with van der Waals surface area (Å²) in [7, 11) is 0. The molecule has 0 heterocycles. The van der Waals surface area contributed by atoms with Crippen molar-refractivity contribution in [3.8, 4) is 11.5 Å². The molecule has 2 aromatic rings. The van der Waals surface area contributed by atoms with Crippen molar-refractivity contribution in [1.29, 1.82) is 0 Å². The molecule has 0 atom stereocenters. The van der Waals surface area contributed by atoms with Crippen LogP contribution in [-0.4, -0.2) is 60.2 Å². The summed E-state index contributed by atoms with van der Waals surface area (Å²) in [5.41, 5.74) is 3.50. The van der Waals surface area contributed by atoms with Crippen LogP contribution in [0.3, 0.4) is 0 Å². The van der Waals surface area contributed by atoms with Gasteiger partial charge in [0.1, 0.15) is 35.9 Å². The quantitative estimate of drug-likeness (QED) is 0.0791. The molecule has 296 valence electrons. The smallest absolute Gasteiger partial charge is 0.465 e. The first-order valence-corrected chi connectivity index (χ1v) is 19.4. The first kappa shape index (κ1) is 45.4. The Morgan fingerprint density at radius 3 is 1.19 bits per heavy atom. The van der Waals surface area contributed by atoms with Crippen molar-refractivity contribution in [3.63, 3.8) is 0 Å². The molecule has 0 saturated carbocycles. The SMILES string of the molecule is Cc1cc(OC(=O)OC(C)(C)C)c(C(C)(C)C)cc1CCC(=O)OCCSCCOC(=O)CCc1cc(C(C)(C)C)c(OC(=O)OC(C)(C)C)cc1C. The maximum Gasteiger partial charge on any atom is 0.514 e. The fraction of sp³-hybridized carbons (Fsp3) is 0.619. The summed E-state index contributed by atoms with van der Waals surface area (Å²) in [6.07, 6.45) is -0.0974. The van der Waals surface area contributed by atoms with Crippen molar-refractivity contribution in [3.05, 3.63) is 57.6 Å². The van der Waals surface area contributed by atoms with Crippen molar-refractivity contribution in [2.75, 3.05) is 24.7 Å². The maximum atomic E-state index is 12.5. The topological polar surface area (TPSA) is 124 Å². The summed E-state index contributed by atoms with van der Waals surface area (Å²) in [5.74, 6) is 1.47. The molecule has 0 unspecified atom stereocenters. The van der Waals surface area contributed by atoms with E-state index in [1.54, 1.807) is 53.3 Å². The van der Waals surface area contributed by atoms with Crippen molar-refractivity contribution in [1.82, 2.24) is 0 Å². The number of hydrogen-bond acceptors (Lipinski definition) is 11. The van der Waals surface area contributed by atoms with Gasteiger partial charge in [0, 0.05) is 35.5 Å². The molecule has 0 saturated heterocycles. The summed E-state index contributed by atoms with van der Waals surface area (Å²) in [4.78, 5) is 49.8. The van der Waals surface area contributed by atoms with Gasteiger partial charge in [0.2, 0.25) is 0 Å². The fourth-order valence-corrected chi connectivity index (χ4v) is 5.81. The minimum Gasteiger partial charge on any atom is -0.465 e. The summed E-state index contributed by atoms with van der Waals surface area (Å²) in [5, 5.41) is 0. The fourth-order valence-electron chi connectivity index (χ4n) is 5.20. The average Bonchev–Trinajstić information content (AvgIpc) is 2.96. The van der Waals surface area contributed by atoms with Gasteiger partial charge in [0.05, 0.1) is 0 Å². The molecule has 0 N–H and O–H groups in total. The van der Waals surface area contributed by atoms with Crippen LogP contribution < -0.4 is 9.47 Å². The molecule has 10 nitrogen and oxygen atoms in total. The minimum absolute atomic E-state index is 0.217. The Morgan fingerprint density at radius 2 is 0.887 bits per heavy atom. The standard InChI is InChI=1S/C42H62O10S/c1-27-23-33(49-37(45)51-41(9,10)11)31(39(3,4)5)25-29(27)15-17-35(43)47-19-21-53-22-20-48-36(44)18-16-30-26-32(40(6,7)8)34(24-28(30)2)50-38(46)52-42(12,13)14/h23-26H,15-22H2,1-14H3. The number of thioether (sulfide) groups is 1. The van der Waals surface area contributed by atoms with Gasteiger partial charge in [0.15, 0.2) is 0 Å². The van der Waals surface area contributed by atoms with Crippen LogP contribution in [0.15, 0.2) is 24.3 Å². The molecule has 0 bridgehead atoms. The Kier molecular flexibility index (Phi) is 16.3. The van der Waals surface area contributed by atoms with Crippen molar-refractivity contribution in [2.45, 2.75) is 145 Å². The number of carbonyl (C=O) groups excluding carboxylic acids is 4. The highest BCUT2D eigenvalue weighted by Crippen LogP contribution is 2.36. The van der Waals surface area contributed by atoms with Crippen LogP contribution in [0.2, 0.25) is 0 Å². The molecule has 2 aromatic carbocycles. The first-order valence-electron chi connectivity index (χ1n) is 18.2. The predicted octanol–water partition coefficient (Wildman–Crippen LogP) is 9.91. The van der Waals surface area contributed by atoms with E-state index in [1.165, 1.54) is 0 Å². The largest absolute Gasteiger partial charge is 0.514 e. The van der Waals surface area contributed by atoms with Crippen molar-refractivity contribution in [2.24, 2.45) is 0 Å². The highest BCUT2D eigenvalue weighted by atomic mass is 32.2. The van der Waals surface area contributed by atoms with Crippen LogP contribution in [0.4, 0.5) is 9.59 Å². The van der Waals surface area contributed by atoms with E-state index in [4.69, 9.17) is 28.4 Å². The zero-order valence-electron chi connectivity index (χ0n) is 34.5. The van der Waals surface area contributed by atoms with E-state index >= 15 is 0 Å². The number of hydrogen-bond donors (Lipinski definition) is 0. The summed E-state index contributed by atoms with van der Waals surface area (Å²) in [6.45, 7) is 27.3. The number of esters is 2. The third kappa shape index (κ3) is 16.9. The molecular weight excluding hydrogens is 697 g/mol. The molecule has 0 aliphatic rings. The van der Waals surface area contributed by atoms with Gasteiger partial charge >= 0.3 is 24.2 Å². The van der Waals surface area contributed by atoms with E-state index in [-0.39, 0.29) is 48.8 Å². The van der Waals surface area contributed by atoms with Crippen LogP contribution in [0.25, 0.3) is 0 Å². The second-order valence-corrected chi connectivity index (χ2v) is 18.5. The predicted molar refractivity (Wildman–Crippen MR) is 209 cm³/mol. The molecule has 2 rings (SSSR count). The van der Waals surface area contributed by atoms with Gasteiger partial charge in [-0.15, -0.1) is 0 Å². The Morgan fingerprint density at radius 1 is 0.547 bits per heavy atom. The number of benzene rings is 2. The number of carbonyl (C=O) groups is 4. The molecule has 0 aliphatic heterocycles. The Labute approximate surface area is 321 Å². The van der Waals surface area contributed by atoms with Gasteiger partial charge in [-0.3, -0.25) is 9.59 Å². The lowest BCUT2D eigenvalue weighted by molar-refractivity contribution is -0.143. The molecule has 0 amide bonds. The number of rotatable bonds is 14. The van der Waals surface area contributed by atoms with Crippen molar-refractivity contribution < 1.29 is 47.6 Å². The van der Waals surface area contributed by atoms with Crippen molar-refractivity contribution >= 4 is 36.0 Å². The Hall–Kier alpha value is -3.73. The molecule has 0 aromatic heterocycles. The van der Waals surface area contributed by atoms with E-state index in [2.05, 4.69) is 0 Å². The third-order valence-corrected chi connectivity index (χ3v) is 8.75. The highest BCUT2D eigenvalue weighted by Gasteiger charge is 2.27. The molecule has 0 spiro atoms. The van der Waals surface area contributed by atoms with Gasteiger partial charge in [-0.25, -0.2) is 9.59 Å². The van der Waals surface area contributed by atoms with Crippen LogP contribution in [0.5, 0.6) is 11.5 Å². The lowest BCUT2D eigenvalue weighted by atomic mass is 9.84. The zero-order valence-corrected chi connectivity index (χ0v) is 35.3. The second-order valence-electron chi connectivity index (χ2n) is 17.2. The van der Waals surface area contributed by atoms with Gasteiger partial charge in [-0.05, 0) is 113 Å². The molecule has 0 fully saturated rings. The van der Waals surface area contributed by atoms with Gasteiger partial charge in [0.25, 0.3) is 0 Å². The number of ether oxygens (including phenoxy) is 6. The number of aryl methyl sites for hydroxylation is 4. The van der Waals surface area contributed by atoms with Crippen LogP contribution >= 0.6 is 11.8 Å². The van der Waals surface area contributed by atoms with Crippen LogP contribution in [-0.2, 0) is 52.2 Å². The molecule has 11 heteroatoms.